The number of piperazine rings is 1. The van der Waals surface area contributed by atoms with E-state index in [0.29, 0.717) is 6.54 Å². The number of hydrogen-bond acceptors (Lipinski definition) is 3. The van der Waals surface area contributed by atoms with E-state index in [1.165, 1.54) is 19.3 Å². The van der Waals surface area contributed by atoms with E-state index in [0.717, 1.165) is 38.1 Å². The topological polar surface area (TPSA) is 43.8 Å². The van der Waals surface area contributed by atoms with Crippen LogP contribution in [0.2, 0.25) is 0 Å². The van der Waals surface area contributed by atoms with Gasteiger partial charge in [0.25, 0.3) is 0 Å². The molecule has 4 heteroatoms. The zero-order valence-corrected chi connectivity index (χ0v) is 10.8. The smallest absolute Gasteiger partial charge is 0.304 e. The lowest BCUT2D eigenvalue weighted by Gasteiger charge is -2.39. The molecule has 1 atom stereocenters. The molecule has 0 bridgehead atoms. The molecule has 2 rings (SSSR count). The quantitative estimate of drug-likeness (QED) is 0.759. The van der Waals surface area contributed by atoms with Crippen LogP contribution in [0.1, 0.15) is 32.6 Å². The van der Waals surface area contributed by atoms with Crippen LogP contribution in [-0.2, 0) is 4.79 Å². The van der Waals surface area contributed by atoms with Crippen molar-refractivity contribution in [2.24, 2.45) is 5.92 Å². The first-order valence-electron chi connectivity index (χ1n) is 6.89. The summed E-state index contributed by atoms with van der Waals surface area (Å²) in [5.74, 6) is 0.266. The molecule has 1 N–H and O–H groups in total. The summed E-state index contributed by atoms with van der Waals surface area (Å²) < 4.78 is 0. The van der Waals surface area contributed by atoms with Gasteiger partial charge in [-0.3, -0.25) is 9.69 Å². The van der Waals surface area contributed by atoms with E-state index in [9.17, 15) is 4.79 Å². The van der Waals surface area contributed by atoms with Gasteiger partial charge in [0.15, 0.2) is 0 Å². The number of nitrogens with zero attached hydrogens (tertiary/aromatic N) is 2. The van der Waals surface area contributed by atoms with Crippen LogP contribution in [0.5, 0.6) is 0 Å². The lowest BCUT2D eigenvalue weighted by molar-refractivity contribution is -0.137. The second-order valence-corrected chi connectivity index (χ2v) is 5.33. The number of carbonyl (C=O) groups is 1. The van der Waals surface area contributed by atoms with Crippen LogP contribution >= 0.6 is 0 Å². The summed E-state index contributed by atoms with van der Waals surface area (Å²) >= 11 is 0. The maximum Gasteiger partial charge on any atom is 0.304 e. The highest BCUT2D eigenvalue weighted by atomic mass is 16.4. The van der Waals surface area contributed by atoms with Gasteiger partial charge in [-0.2, -0.15) is 0 Å². The van der Waals surface area contributed by atoms with Gasteiger partial charge >= 0.3 is 5.97 Å². The first kappa shape index (κ1) is 12.8. The third-order valence-corrected chi connectivity index (χ3v) is 4.10. The molecule has 2 aliphatic rings. The molecular formula is C13H24N2O2. The SMILES string of the molecule is CCC(C1CC1)N1CCN(CCC(=O)O)CC1. The summed E-state index contributed by atoms with van der Waals surface area (Å²) in [6.07, 6.45) is 4.37. The predicted octanol–water partition coefficient (Wildman–Crippen LogP) is 1.27. The van der Waals surface area contributed by atoms with Gasteiger partial charge in [-0.05, 0) is 25.2 Å². The Morgan fingerprint density at radius 1 is 1.29 bits per heavy atom. The minimum Gasteiger partial charge on any atom is -0.481 e. The van der Waals surface area contributed by atoms with Gasteiger partial charge in [-0.1, -0.05) is 6.92 Å². The van der Waals surface area contributed by atoms with E-state index in [2.05, 4.69) is 16.7 Å². The highest BCUT2D eigenvalue weighted by Gasteiger charge is 2.35. The molecule has 0 radical (unpaired) electrons. The molecule has 0 spiro atoms. The van der Waals surface area contributed by atoms with Gasteiger partial charge in [-0.25, -0.2) is 0 Å². The minimum atomic E-state index is -0.683. The molecule has 1 aliphatic carbocycles. The summed E-state index contributed by atoms with van der Waals surface area (Å²) in [5, 5.41) is 8.67. The molecule has 0 aromatic carbocycles. The van der Waals surface area contributed by atoms with Gasteiger partial charge in [0.1, 0.15) is 0 Å². The van der Waals surface area contributed by atoms with Crippen LogP contribution in [0.4, 0.5) is 0 Å². The Morgan fingerprint density at radius 2 is 1.94 bits per heavy atom. The number of aliphatic carboxylic acids is 1. The van der Waals surface area contributed by atoms with E-state index in [-0.39, 0.29) is 6.42 Å². The zero-order valence-electron chi connectivity index (χ0n) is 10.8. The second kappa shape index (κ2) is 5.83. The fourth-order valence-electron chi connectivity index (χ4n) is 2.94. The normalized spacial score (nSPS) is 24.8. The number of hydrogen-bond donors (Lipinski definition) is 1. The highest BCUT2D eigenvalue weighted by molar-refractivity contribution is 5.66. The van der Waals surface area contributed by atoms with Gasteiger partial charge < -0.3 is 10.0 Å². The Labute approximate surface area is 104 Å². The lowest BCUT2D eigenvalue weighted by atomic mass is 10.1. The van der Waals surface area contributed by atoms with Crippen LogP contribution in [0.3, 0.4) is 0 Å². The van der Waals surface area contributed by atoms with Crippen LogP contribution in [-0.4, -0.2) is 59.6 Å². The number of rotatable bonds is 6. The molecule has 2 fully saturated rings. The van der Waals surface area contributed by atoms with Gasteiger partial charge in [-0.15, -0.1) is 0 Å². The molecule has 1 saturated carbocycles. The maximum absolute atomic E-state index is 10.5. The van der Waals surface area contributed by atoms with Crippen molar-refractivity contribution in [3.8, 4) is 0 Å². The average Bonchev–Trinajstić information content (AvgIpc) is 3.13. The van der Waals surface area contributed by atoms with Crippen molar-refractivity contribution in [3.63, 3.8) is 0 Å². The van der Waals surface area contributed by atoms with Crippen molar-refractivity contribution in [1.29, 1.82) is 0 Å². The maximum atomic E-state index is 10.5. The first-order chi connectivity index (χ1) is 8.20. The molecule has 0 aromatic rings. The van der Waals surface area contributed by atoms with Gasteiger partial charge in [0.05, 0.1) is 6.42 Å². The Kier molecular flexibility index (Phi) is 4.40. The van der Waals surface area contributed by atoms with E-state index in [1.54, 1.807) is 0 Å². The largest absolute Gasteiger partial charge is 0.481 e. The molecule has 98 valence electrons. The molecule has 1 unspecified atom stereocenters. The monoisotopic (exact) mass is 240 g/mol. The predicted molar refractivity (Wildman–Crippen MR) is 67.1 cm³/mol. The summed E-state index contributed by atoms with van der Waals surface area (Å²) in [5.41, 5.74) is 0. The highest BCUT2D eigenvalue weighted by Crippen LogP contribution is 2.37. The van der Waals surface area contributed by atoms with E-state index in [4.69, 9.17) is 5.11 Å². The van der Waals surface area contributed by atoms with Crippen LogP contribution in [0.15, 0.2) is 0 Å². The zero-order chi connectivity index (χ0) is 12.3. The standard InChI is InChI=1S/C13H24N2O2/c1-2-12(11-3-4-11)15-9-7-14(8-10-15)6-5-13(16)17/h11-12H,2-10H2,1H3,(H,16,17). The number of carboxylic acids is 1. The molecule has 4 nitrogen and oxygen atoms in total. The second-order valence-electron chi connectivity index (χ2n) is 5.33. The van der Waals surface area contributed by atoms with Crippen molar-refractivity contribution in [2.45, 2.75) is 38.6 Å². The van der Waals surface area contributed by atoms with Crippen LogP contribution < -0.4 is 0 Å². The molecule has 0 aromatic heterocycles. The average molecular weight is 240 g/mol. The summed E-state index contributed by atoms with van der Waals surface area (Å²) in [7, 11) is 0. The lowest BCUT2D eigenvalue weighted by Crippen LogP contribution is -2.51. The van der Waals surface area contributed by atoms with E-state index < -0.39 is 5.97 Å². The molecule has 17 heavy (non-hydrogen) atoms. The van der Waals surface area contributed by atoms with Gasteiger partial charge in [0, 0.05) is 38.8 Å². The van der Waals surface area contributed by atoms with Crippen molar-refractivity contribution in [3.05, 3.63) is 0 Å². The van der Waals surface area contributed by atoms with Crippen molar-refractivity contribution < 1.29 is 9.90 Å². The Balaban J connectivity index is 1.71. The van der Waals surface area contributed by atoms with Crippen molar-refractivity contribution >= 4 is 5.97 Å². The van der Waals surface area contributed by atoms with Crippen LogP contribution in [0.25, 0.3) is 0 Å². The first-order valence-corrected chi connectivity index (χ1v) is 6.89. The third-order valence-electron chi connectivity index (χ3n) is 4.10. The summed E-state index contributed by atoms with van der Waals surface area (Å²) in [4.78, 5) is 15.4. The molecule has 1 aliphatic heterocycles. The van der Waals surface area contributed by atoms with E-state index in [1.807, 2.05) is 0 Å². The fraction of sp³-hybridized carbons (Fsp3) is 0.923. The Hall–Kier alpha value is -0.610. The molecule has 0 amide bonds. The fourth-order valence-corrected chi connectivity index (χ4v) is 2.94. The molecular weight excluding hydrogens is 216 g/mol. The van der Waals surface area contributed by atoms with Crippen LogP contribution in [0, 0.1) is 5.92 Å². The minimum absolute atomic E-state index is 0.278. The van der Waals surface area contributed by atoms with E-state index >= 15 is 0 Å². The summed E-state index contributed by atoms with van der Waals surface area (Å²) in [6.45, 7) is 7.32. The van der Waals surface area contributed by atoms with Crippen molar-refractivity contribution in [2.75, 3.05) is 32.7 Å². The van der Waals surface area contributed by atoms with Crippen molar-refractivity contribution in [1.82, 2.24) is 9.80 Å². The third kappa shape index (κ3) is 3.68. The van der Waals surface area contributed by atoms with Gasteiger partial charge in [0.2, 0.25) is 0 Å². The Bertz CT molecular complexity index is 258. The summed E-state index contributed by atoms with van der Waals surface area (Å²) in [6, 6.07) is 0.789. The number of carboxylic acid groups (broad SMARTS) is 1. The molecule has 1 heterocycles. The Morgan fingerprint density at radius 3 is 2.41 bits per heavy atom. The molecule has 1 saturated heterocycles.